The van der Waals surface area contributed by atoms with E-state index >= 15 is 0 Å². The lowest BCUT2D eigenvalue weighted by Gasteiger charge is -2.24. The summed E-state index contributed by atoms with van der Waals surface area (Å²) in [7, 11) is 1.61. The summed E-state index contributed by atoms with van der Waals surface area (Å²) in [5.74, 6) is -0.287. The molecule has 0 spiro atoms. The molecule has 3 aromatic rings. The molecule has 154 valence electrons. The lowest BCUT2D eigenvalue weighted by molar-refractivity contribution is 0.0696. The SMILES string of the molecule is COc1c(/C=C/c2ccccc2C(=O)O)cc(-c2ccc[nH]c2=O)cc1C(C)(C)C. The molecule has 0 saturated carbocycles. The Kier molecular flexibility index (Phi) is 5.92. The number of aromatic nitrogens is 1. The van der Waals surface area contributed by atoms with Gasteiger partial charge in [0.1, 0.15) is 5.75 Å². The van der Waals surface area contributed by atoms with E-state index < -0.39 is 5.97 Å². The predicted molar refractivity (Wildman–Crippen MR) is 120 cm³/mol. The minimum absolute atomic E-state index is 0.173. The Bertz CT molecular complexity index is 1170. The fourth-order valence-electron chi connectivity index (χ4n) is 3.38. The number of hydrogen-bond acceptors (Lipinski definition) is 3. The van der Waals surface area contributed by atoms with Crippen LogP contribution >= 0.6 is 0 Å². The molecule has 1 aromatic heterocycles. The highest BCUT2D eigenvalue weighted by Gasteiger charge is 2.22. The zero-order chi connectivity index (χ0) is 21.9. The van der Waals surface area contributed by atoms with Crippen LogP contribution in [-0.2, 0) is 5.41 Å². The molecule has 0 aliphatic rings. The van der Waals surface area contributed by atoms with Crippen molar-refractivity contribution < 1.29 is 14.6 Å². The van der Waals surface area contributed by atoms with Crippen LogP contribution in [0.25, 0.3) is 23.3 Å². The number of aromatic amines is 1. The van der Waals surface area contributed by atoms with Crippen molar-refractivity contribution in [1.82, 2.24) is 4.98 Å². The Balaban J connectivity index is 2.23. The van der Waals surface area contributed by atoms with Crippen molar-refractivity contribution >= 4 is 18.1 Å². The maximum atomic E-state index is 12.4. The minimum atomic E-state index is -0.984. The summed E-state index contributed by atoms with van der Waals surface area (Å²) in [4.78, 5) is 26.6. The third-order valence-electron chi connectivity index (χ3n) is 4.89. The van der Waals surface area contributed by atoms with Crippen molar-refractivity contribution in [2.45, 2.75) is 26.2 Å². The number of benzene rings is 2. The quantitative estimate of drug-likeness (QED) is 0.573. The largest absolute Gasteiger partial charge is 0.496 e. The van der Waals surface area contributed by atoms with E-state index in [9.17, 15) is 14.7 Å². The number of carboxylic acid groups (broad SMARTS) is 1. The molecule has 1 heterocycles. The molecule has 0 unspecified atom stereocenters. The Labute approximate surface area is 175 Å². The van der Waals surface area contributed by atoms with Crippen LogP contribution in [0.4, 0.5) is 0 Å². The van der Waals surface area contributed by atoms with E-state index in [0.29, 0.717) is 16.9 Å². The molecule has 30 heavy (non-hydrogen) atoms. The van der Waals surface area contributed by atoms with Crippen molar-refractivity contribution in [3.05, 3.63) is 87.3 Å². The smallest absolute Gasteiger partial charge is 0.336 e. The second kappa shape index (κ2) is 8.41. The van der Waals surface area contributed by atoms with Gasteiger partial charge in [0.2, 0.25) is 0 Å². The Hall–Kier alpha value is -3.60. The zero-order valence-corrected chi connectivity index (χ0v) is 17.5. The number of aromatic carboxylic acids is 1. The van der Waals surface area contributed by atoms with Crippen molar-refractivity contribution in [2.75, 3.05) is 7.11 Å². The Morgan fingerprint density at radius 2 is 1.73 bits per heavy atom. The molecular weight excluding hydrogens is 378 g/mol. The third kappa shape index (κ3) is 4.35. The molecule has 2 aromatic carbocycles. The molecule has 0 radical (unpaired) electrons. The average molecular weight is 403 g/mol. The molecule has 3 rings (SSSR count). The first-order valence-electron chi connectivity index (χ1n) is 9.63. The number of carboxylic acids is 1. The summed E-state index contributed by atoms with van der Waals surface area (Å²) in [6.07, 6.45) is 5.19. The van der Waals surface area contributed by atoms with Crippen molar-refractivity contribution in [3.63, 3.8) is 0 Å². The zero-order valence-electron chi connectivity index (χ0n) is 17.5. The van der Waals surface area contributed by atoms with Gasteiger partial charge in [-0.05, 0) is 46.9 Å². The number of hydrogen-bond donors (Lipinski definition) is 2. The summed E-state index contributed by atoms with van der Waals surface area (Å²) >= 11 is 0. The number of pyridine rings is 1. The standard InChI is InChI=1S/C25H25NO4/c1-25(2,3)21-15-18(19-10-7-13-26-23(19)27)14-17(22(21)30-4)12-11-16-8-5-6-9-20(16)24(28)29/h5-15H,1-4H3,(H,26,27)(H,28,29)/b12-11+. The molecule has 0 saturated heterocycles. The number of ether oxygens (including phenoxy) is 1. The summed E-state index contributed by atoms with van der Waals surface area (Å²) in [5, 5.41) is 9.44. The van der Waals surface area contributed by atoms with Crippen LogP contribution in [-0.4, -0.2) is 23.2 Å². The Morgan fingerprint density at radius 1 is 1.03 bits per heavy atom. The van der Waals surface area contributed by atoms with Gasteiger partial charge < -0.3 is 14.8 Å². The lowest BCUT2D eigenvalue weighted by Crippen LogP contribution is -2.15. The van der Waals surface area contributed by atoms with E-state index in [-0.39, 0.29) is 16.5 Å². The number of carbonyl (C=O) groups is 1. The summed E-state index contributed by atoms with van der Waals surface area (Å²) in [6, 6.07) is 14.2. The number of methoxy groups -OCH3 is 1. The van der Waals surface area contributed by atoms with E-state index in [4.69, 9.17) is 4.74 Å². The number of nitrogens with one attached hydrogen (secondary N) is 1. The van der Waals surface area contributed by atoms with Gasteiger partial charge >= 0.3 is 5.97 Å². The predicted octanol–water partition coefficient (Wildman–Crippen LogP) is 5.22. The van der Waals surface area contributed by atoms with Gasteiger partial charge in [0, 0.05) is 22.9 Å². The second-order valence-electron chi connectivity index (χ2n) is 8.03. The molecule has 0 amide bonds. The molecule has 0 aliphatic heterocycles. The highest BCUT2D eigenvalue weighted by molar-refractivity contribution is 5.93. The van der Waals surface area contributed by atoms with Crippen LogP contribution in [0.2, 0.25) is 0 Å². The van der Waals surface area contributed by atoms with Crippen LogP contribution in [0.3, 0.4) is 0 Å². The van der Waals surface area contributed by atoms with E-state index in [1.807, 2.05) is 18.2 Å². The Morgan fingerprint density at radius 3 is 2.37 bits per heavy atom. The monoisotopic (exact) mass is 403 g/mol. The van der Waals surface area contributed by atoms with Gasteiger partial charge in [-0.3, -0.25) is 4.79 Å². The third-order valence-corrected chi connectivity index (χ3v) is 4.89. The van der Waals surface area contributed by atoms with Gasteiger partial charge in [0.15, 0.2) is 0 Å². The minimum Gasteiger partial charge on any atom is -0.496 e. The highest BCUT2D eigenvalue weighted by Crippen LogP contribution is 2.38. The fourth-order valence-corrected chi connectivity index (χ4v) is 3.38. The first kappa shape index (κ1) is 21.1. The molecule has 0 aliphatic carbocycles. The van der Waals surface area contributed by atoms with E-state index in [0.717, 1.165) is 16.7 Å². The van der Waals surface area contributed by atoms with Gasteiger partial charge in [-0.1, -0.05) is 51.1 Å². The second-order valence-corrected chi connectivity index (χ2v) is 8.03. The van der Waals surface area contributed by atoms with Crippen LogP contribution < -0.4 is 10.3 Å². The molecule has 0 fully saturated rings. The van der Waals surface area contributed by atoms with E-state index in [2.05, 4.69) is 25.8 Å². The van der Waals surface area contributed by atoms with Crippen molar-refractivity contribution in [2.24, 2.45) is 0 Å². The number of rotatable bonds is 5. The molecule has 5 nitrogen and oxygen atoms in total. The molecular formula is C25H25NO4. The van der Waals surface area contributed by atoms with E-state index in [1.165, 1.54) is 0 Å². The topological polar surface area (TPSA) is 79.4 Å². The van der Waals surface area contributed by atoms with Gasteiger partial charge in [0.05, 0.1) is 12.7 Å². The van der Waals surface area contributed by atoms with Gasteiger partial charge in [-0.15, -0.1) is 0 Å². The first-order valence-corrected chi connectivity index (χ1v) is 9.63. The molecule has 0 bridgehead atoms. The van der Waals surface area contributed by atoms with Crippen LogP contribution in [0.5, 0.6) is 5.75 Å². The van der Waals surface area contributed by atoms with E-state index in [1.54, 1.807) is 55.8 Å². The average Bonchev–Trinajstić information content (AvgIpc) is 2.71. The molecule has 0 atom stereocenters. The van der Waals surface area contributed by atoms with Crippen molar-refractivity contribution in [1.29, 1.82) is 0 Å². The lowest BCUT2D eigenvalue weighted by atomic mass is 9.83. The maximum Gasteiger partial charge on any atom is 0.336 e. The highest BCUT2D eigenvalue weighted by atomic mass is 16.5. The maximum absolute atomic E-state index is 12.4. The van der Waals surface area contributed by atoms with Crippen LogP contribution in [0.1, 0.15) is 47.8 Å². The van der Waals surface area contributed by atoms with Gasteiger partial charge in [-0.2, -0.15) is 0 Å². The van der Waals surface area contributed by atoms with Crippen LogP contribution in [0.15, 0.2) is 59.5 Å². The summed E-state index contributed by atoms with van der Waals surface area (Å²) < 4.78 is 5.74. The summed E-state index contributed by atoms with van der Waals surface area (Å²) in [6.45, 7) is 6.24. The molecule has 5 heteroatoms. The van der Waals surface area contributed by atoms with Gasteiger partial charge in [0.25, 0.3) is 5.56 Å². The molecule has 2 N–H and O–H groups in total. The first-order chi connectivity index (χ1) is 14.2. The van der Waals surface area contributed by atoms with Crippen LogP contribution in [0, 0.1) is 0 Å². The summed E-state index contributed by atoms with van der Waals surface area (Å²) in [5.41, 5.74) is 3.46. The van der Waals surface area contributed by atoms with Gasteiger partial charge in [-0.25, -0.2) is 4.79 Å². The van der Waals surface area contributed by atoms with Crippen molar-refractivity contribution in [3.8, 4) is 16.9 Å². The fraction of sp³-hybridized carbons (Fsp3) is 0.200. The number of H-pyrrole nitrogens is 1. The normalized spacial score (nSPS) is 11.6.